The molecule has 2 aliphatic heterocycles. The molecule has 2 unspecified atom stereocenters. The number of nitrogens with one attached hydrogen (secondary N) is 4. The van der Waals surface area contributed by atoms with Crippen molar-refractivity contribution in [2.24, 2.45) is 4.99 Å². The molecule has 0 aromatic heterocycles. The van der Waals surface area contributed by atoms with Gasteiger partial charge in [0.2, 0.25) is 5.96 Å². The van der Waals surface area contributed by atoms with E-state index in [4.69, 9.17) is 0 Å². The maximum absolute atomic E-state index is 13.2. The molecule has 176 valence electrons. The lowest BCUT2D eigenvalue weighted by molar-refractivity contribution is 0.100. The quantitative estimate of drug-likeness (QED) is 0.420. The molecule has 0 aliphatic carbocycles. The highest BCUT2D eigenvalue weighted by Gasteiger charge is 2.27. The van der Waals surface area contributed by atoms with E-state index in [0.717, 1.165) is 24.3 Å². The number of rotatable bonds is 4. The number of carbonyl (C=O) groups excluding carboxylic acids is 1. The summed E-state index contributed by atoms with van der Waals surface area (Å²) in [6, 6.07) is 14.2. The molecule has 2 saturated heterocycles. The minimum absolute atomic E-state index is 0.0202. The zero-order valence-electron chi connectivity index (χ0n) is 19.5. The van der Waals surface area contributed by atoms with E-state index < -0.39 is 0 Å². The lowest BCUT2D eigenvalue weighted by Crippen LogP contribution is -2.54. The largest absolute Gasteiger partial charge is 0.372 e. The molecule has 0 spiro atoms. The van der Waals surface area contributed by atoms with E-state index in [1.807, 2.05) is 39.0 Å². The number of halogens is 1. The first kappa shape index (κ1) is 23.2. The number of amides is 1. The van der Waals surface area contributed by atoms with Crippen LogP contribution in [0, 0.1) is 5.82 Å². The summed E-state index contributed by atoms with van der Waals surface area (Å²) in [7, 11) is 0. The summed E-state index contributed by atoms with van der Waals surface area (Å²) in [5, 5.41) is 6.62. The molecular weight excluding hydrogens is 419 g/mol. The van der Waals surface area contributed by atoms with Crippen molar-refractivity contribution in [3.8, 4) is 0 Å². The summed E-state index contributed by atoms with van der Waals surface area (Å²) >= 11 is 0. The van der Waals surface area contributed by atoms with Crippen LogP contribution in [0.2, 0.25) is 0 Å². The van der Waals surface area contributed by atoms with Crippen molar-refractivity contribution < 1.29 is 9.18 Å². The third kappa shape index (κ3) is 6.30. The summed E-state index contributed by atoms with van der Waals surface area (Å²) in [6.45, 7) is 8.10. The van der Waals surface area contributed by atoms with E-state index in [-0.39, 0.29) is 29.5 Å². The molecule has 4 N–H and O–H groups in total. The van der Waals surface area contributed by atoms with Gasteiger partial charge in [0.15, 0.2) is 0 Å². The fourth-order valence-corrected chi connectivity index (χ4v) is 4.16. The number of anilines is 1. The van der Waals surface area contributed by atoms with E-state index in [1.165, 1.54) is 25.0 Å². The molecule has 7 nitrogen and oxygen atoms in total. The molecule has 2 fully saturated rings. The monoisotopic (exact) mass is 452 g/mol. The minimum Gasteiger partial charge on any atom is -0.372 e. The van der Waals surface area contributed by atoms with Crippen molar-refractivity contribution in [3.63, 3.8) is 0 Å². The number of carbonyl (C=O) groups is 1. The second-order valence-electron chi connectivity index (χ2n) is 9.71. The van der Waals surface area contributed by atoms with Gasteiger partial charge in [-0.05, 0) is 69.5 Å². The molecule has 2 aromatic rings. The van der Waals surface area contributed by atoms with Crippen molar-refractivity contribution >= 4 is 17.6 Å². The first-order valence-electron chi connectivity index (χ1n) is 11.6. The lowest BCUT2D eigenvalue weighted by Gasteiger charge is -2.25. The highest BCUT2D eigenvalue weighted by Crippen LogP contribution is 2.23. The number of aliphatic imine (C=N–C) groups is 1. The lowest BCUT2D eigenvalue weighted by atomic mass is 10.0. The molecule has 2 atom stereocenters. The van der Waals surface area contributed by atoms with Crippen LogP contribution in [0.1, 0.15) is 62.0 Å². The van der Waals surface area contributed by atoms with Crippen molar-refractivity contribution in [1.82, 2.24) is 21.5 Å². The van der Waals surface area contributed by atoms with Crippen LogP contribution in [0.4, 0.5) is 10.1 Å². The number of benzene rings is 2. The topological polar surface area (TPSA) is 80.8 Å². The Kier molecular flexibility index (Phi) is 6.95. The molecule has 2 heterocycles. The molecular formula is C25H33FN6O. The molecule has 8 heteroatoms. The summed E-state index contributed by atoms with van der Waals surface area (Å²) in [5.41, 5.74) is 8.76. The Morgan fingerprint density at radius 2 is 1.82 bits per heavy atom. The zero-order valence-corrected chi connectivity index (χ0v) is 19.5. The van der Waals surface area contributed by atoms with Gasteiger partial charge in [0.25, 0.3) is 5.91 Å². The van der Waals surface area contributed by atoms with Crippen molar-refractivity contribution in [2.45, 2.75) is 57.8 Å². The van der Waals surface area contributed by atoms with Gasteiger partial charge in [0, 0.05) is 42.3 Å². The van der Waals surface area contributed by atoms with Crippen LogP contribution in [0.25, 0.3) is 0 Å². The third-order valence-electron chi connectivity index (χ3n) is 5.76. The normalized spacial score (nSPS) is 21.3. The minimum atomic E-state index is -0.295. The third-order valence-corrected chi connectivity index (χ3v) is 5.76. The fraction of sp³-hybridized carbons (Fsp3) is 0.440. The van der Waals surface area contributed by atoms with Gasteiger partial charge in [0.1, 0.15) is 5.82 Å². The molecule has 1 amide bonds. The van der Waals surface area contributed by atoms with Crippen molar-refractivity contribution in [3.05, 3.63) is 65.5 Å². The summed E-state index contributed by atoms with van der Waals surface area (Å²) in [4.78, 5) is 19.7. The maximum Gasteiger partial charge on any atom is 0.280 e. The van der Waals surface area contributed by atoms with E-state index in [9.17, 15) is 9.18 Å². The van der Waals surface area contributed by atoms with E-state index in [2.05, 4.69) is 31.4 Å². The highest BCUT2D eigenvalue weighted by atomic mass is 19.1. The van der Waals surface area contributed by atoms with Gasteiger partial charge in [-0.15, -0.1) is 0 Å². The Morgan fingerprint density at radius 1 is 1.09 bits per heavy atom. The molecule has 33 heavy (non-hydrogen) atoms. The van der Waals surface area contributed by atoms with Gasteiger partial charge >= 0.3 is 0 Å². The van der Waals surface area contributed by atoms with Crippen LogP contribution >= 0.6 is 0 Å². The van der Waals surface area contributed by atoms with Crippen LogP contribution in [0.15, 0.2) is 53.5 Å². The second-order valence-corrected chi connectivity index (χ2v) is 9.71. The fourth-order valence-electron chi connectivity index (χ4n) is 4.16. The van der Waals surface area contributed by atoms with Gasteiger partial charge in [-0.3, -0.25) is 4.79 Å². The van der Waals surface area contributed by atoms with E-state index >= 15 is 0 Å². The Balaban J connectivity index is 1.47. The number of hydrogen-bond donors (Lipinski definition) is 4. The van der Waals surface area contributed by atoms with Crippen LogP contribution < -0.4 is 26.4 Å². The van der Waals surface area contributed by atoms with Gasteiger partial charge in [-0.25, -0.2) is 15.2 Å². The SMILES string of the molecule is CC(C)(C)N/C(=N/C(=O)c1cccc(N2CCCC2)c1)NC1CC(c2ccc(F)cc2)NN1. The Morgan fingerprint density at radius 3 is 2.52 bits per heavy atom. The Bertz CT molecular complexity index is 995. The molecule has 2 aromatic carbocycles. The van der Waals surface area contributed by atoms with Crippen LogP contribution in [0.3, 0.4) is 0 Å². The average molecular weight is 453 g/mol. The highest BCUT2D eigenvalue weighted by molar-refractivity contribution is 6.03. The van der Waals surface area contributed by atoms with Crippen molar-refractivity contribution in [1.29, 1.82) is 0 Å². The number of hydrogen-bond acceptors (Lipinski definition) is 4. The van der Waals surface area contributed by atoms with Crippen LogP contribution in [-0.2, 0) is 0 Å². The maximum atomic E-state index is 13.2. The zero-order chi connectivity index (χ0) is 23.4. The second kappa shape index (κ2) is 9.89. The smallest absolute Gasteiger partial charge is 0.280 e. The Hall–Kier alpha value is -2.97. The molecule has 0 bridgehead atoms. The summed E-state index contributed by atoms with van der Waals surface area (Å²) in [5.74, 6) is -0.134. The van der Waals surface area contributed by atoms with Gasteiger partial charge in [-0.2, -0.15) is 4.99 Å². The first-order valence-corrected chi connectivity index (χ1v) is 11.6. The van der Waals surface area contributed by atoms with E-state index in [1.54, 1.807) is 18.2 Å². The first-order chi connectivity index (χ1) is 15.8. The number of hydrazine groups is 1. The van der Waals surface area contributed by atoms with Crippen molar-refractivity contribution in [2.75, 3.05) is 18.0 Å². The number of guanidine groups is 1. The van der Waals surface area contributed by atoms with Crippen LogP contribution in [-0.4, -0.2) is 36.7 Å². The average Bonchev–Trinajstić information content (AvgIpc) is 3.46. The van der Waals surface area contributed by atoms with Gasteiger partial charge < -0.3 is 15.5 Å². The molecule has 0 radical (unpaired) electrons. The summed E-state index contributed by atoms with van der Waals surface area (Å²) < 4.78 is 13.2. The molecule has 2 aliphatic rings. The van der Waals surface area contributed by atoms with Gasteiger partial charge in [0.05, 0.1) is 6.17 Å². The predicted molar refractivity (Wildman–Crippen MR) is 129 cm³/mol. The standard InChI is InChI=1S/C25H33FN6O/c1-25(2,3)29-24(27-22-16-21(30-31-22)17-9-11-19(26)12-10-17)28-23(33)18-7-6-8-20(15-18)32-13-4-5-14-32/h6-12,15,21-22,30-31H,4-5,13-14,16H2,1-3H3,(H2,27,28,29,33). The Labute approximate surface area is 194 Å². The van der Waals surface area contributed by atoms with Gasteiger partial charge in [-0.1, -0.05) is 18.2 Å². The summed E-state index contributed by atoms with van der Waals surface area (Å²) in [6.07, 6.45) is 2.91. The van der Waals surface area contributed by atoms with Crippen LogP contribution in [0.5, 0.6) is 0 Å². The number of nitrogens with zero attached hydrogens (tertiary/aromatic N) is 2. The van der Waals surface area contributed by atoms with E-state index in [0.29, 0.717) is 17.9 Å². The predicted octanol–water partition coefficient (Wildman–Crippen LogP) is 3.47. The molecule has 4 rings (SSSR count). The molecule has 0 saturated carbocycles.